The number of nitrogens with zero attached hydrogens (tertiary/aromatic N) is 1. The summed E-state index contributed by atoms with van der Waals surface area (Å²) in [5, 5.41) is 0. The van der Waals surface area contributed by atoms with Gasteiger partial charge in [0, 0.05) is 33.7 Å². The van der Waals surface area contributed by atoms with Gasteiger partial charge in [0.1, 0.15) is 5.78 Å². The highest BCUT2D eigenvalue weighted by Gasteiger charge is 2.33. The summed E-state index contributed by atoms with van der Waals surface area (Å²) >= 11 is 0. The average Bonchev–Trinajstić information content (AvgIpc) is 2.59. The maximum absolute atomic E-state index is 11.2. The van der Waals surface area contributed by atoms with E-state index in [1.54, 1.807) is 14.2 Å². The van der Waals surface area contributed by atoms with Gasteiger partial charge < -0.3 is 9.47 Å². The third kappa shape index (κ3) is 2.77. The van der Waals surface area contributed by atoms with Gasteiger partial charge >= 0.3 is 0 Å². The quantitative estimate of drug-likeness (QED) is 0.642. The van der Waals surface area contributed by atoms with Gasteiger partial charge in [0.15, 0.2) is 0 Å². The second kappa shape index (κ2) is 5.44. The van der Waals surface area contributed by atoms with Gasteiger partial charge in [0.25, 0.3) is 0 Å². The number of methoxy groups -OCH3 is 2. The maximum Gasteiger partial charge on any atom is 0.146 e. The van der Waals surface area contributed by atoms with Gasteiger partial charge in [-0.05, 0) is 0 Å². The van der Waals surface area contributed by atoms with Crippen molar-refractivity contribution in [2.45, 2.75) is 25.6 Å². The number of hydrogen-bond acceptors (Lipinski definition) is 4. The average molecular weight is 201 g/mol. The lowest BCUT2D eigenvalue weighted by atomic mass is 10.3. The van der Waals surface area contributed by atoms with E-state index in [-0.39, 0.29) is 18.0 Å². The molecule has 1 saturated heterocycles. The minimum Gasteiger partial charge on any atom is -0.377 e. The normalized spacial score (nSPS) is 28.2. The summed E-state index contributed by atoms with van der Waals surface area (Å²) in [6, 6.07) is 0. The highest BCUT2D eigenvalue weighted by Crippen LogP contribution is 2.15. The van der Waals surface area contributed by atoms with Crippen LogP contribution in [0.2, 0.25) is 0 Å². The Morgan fingerprint density at radius 3 is 2.14 bits per heavy atom. The smallest absolute Gasteiger partial charge is 0.146 e. The number of ketones is 1. The first-order valence-corrected chi connectivity index (χ1v) is 5.00. The van der Waals surface area contributed by atoms with Gasteiger partial charge in [-0.15, -0.1) is 0 Å². The van der Waals surface area contributed by atoms with E-state index in [0.717, 1.165) is 13.1 Å². The molecule has 0 aliphatic carbocycles. The van der Waals surface area contributed by atoms with Crippen molar-refractivity contribution in [1.82, 2.24) is 4.90 Å². The van der Waals surface area contributed by atoms with Gasteiger partial charge in [-0.1, -0.05) is 6.92 Å². The van der Waals surface area contributed by atoms with Crippen molar-refractivity contribution in [3.8, 4) is 0 Å². The maximum atomic E-state index is 11.2. The number of Topliss-reactive ketones (excluding diaryl/α,β-unsaturated/α-hetero) is 1. The molecule has 2 unspecified atom stereocenters. The molecule has 14 heavy (non-hydrogen) atoms. The highest BCUT2D eigenvalue weighted by molar-refractivity contribution is 5.80. The Bertz CT molecular complexity index is 184. The zero-order valence-corrected chi connectivity index (χ0v) is 9.16. The SMILES string of the molecule is CCC(=O)CN1CC(OC)C(OC)C1. The molecule has 0 aromatic heterocycles. The van der Waals surface area contributed by atoms with Crippen LogP contribution >= 0.6 is 0 Å². The second-order valence-electron chi connectivity index (χ2n) is 3.63. The molecule has 1 fully saturated rings. The fourth-order valence-corrected chi connectivity index (χ4v) is 1.76. The summed E-state index contributed by atoms with van der Waals surface area (Å²) in [7, 11) is 3.36. The molecule has 1 rings (SSSR count). The fraction of sp³-hybridized carbons (Fsp3) is 0.900. The van der Waals surface area contributed by atoms with E-state index in [1.165, 1.54) is 0 Å². The van der Waals surface area contributed by atoms with E-state index in [4.69, 9.17) is 9.47 Å². The Labute approximate surface area is 85.2 Å². The van der Waals surface area contributed by atoms with Crippen LogP contribution in [-0.4, -0.2) is 56.7 Å². The molecule has 0 bridgehead atoms. The van der Waals surface area contributed by atoms with Crippen LogP contribution in [0.4, 0.5) is 0 Å². The number of hydrogen-bond donors (Lipinski definition) is 0. The van der Waals surface area contributed by atoms with E-state index in [1.807, 2.05) is 6.92 Å². The predicted octanol–water partition coefficient (Wildman–Crippen LogP) is 0.311. The summed E-state index contributed by atoms with van der Waals surface area (Å²) in [4.78, 5) is 13.3. The van der Waals surface area contributed by atoms with Gasteiger partial charge in [-0.3, -0.25) is 9.69 Å². The Morgan fingerprint density at radius 2 is 1.79 bits per heavy atom. The van der Waals surface area contributed by atoms with Crippen LogP contribution in [0.5, 0.6) is 0 Å². The molecule has 4 nitrogen and oxygen atoms in total. The van der Waals surface area contributed by atoms with Crippen LogP contribution < -0.4 is 0 Å². The Morgan fingerprint density at radius 1 is 1.29 bits per heavy atom. The van der Waals surface area contributed by atoms with Crippen molar-refractivity contribution in [1.29, 1.82) is 0 Å². The van der Waals surface area contributed by atoms with Crippen LogP contribution in [0.15, 0.2) is 0 Å². The molecule has 0 aromatic carbocycles. The molecule has 1 aliphatic heterocycles. The lowest BCUT2D eigenvalue weighted by Gasteiger charge is -2.13. The van der Waals surface area contributed by atoms with Crippen molar-refractivity contribution in [2.24, 2.45) is 0 Å². The van der Waals surface area contributed by atoms with Crippen molar-refractivity contribution in [2.75, 3.05) is 33.9 Å². The van der Waals surface area contributed by atoms with Crippen molar-refractivity contribution in [3.05, 3.63) is 0 Å². The summed E-state index contributed by atoms with van der Waals surface area (Å²) in [5.41, 5.74) is 0. The first-order chi connectivity index (χ1) is 6.71. The largest absolute Gasteiger partial charge is 0.377 e. The molecular formula is C10H19NO3. The minimum atomic E-state index is 0.102. The van der Waals surface area contributed by atoms with E-state index in [2.05, 4.69) is 4.90 Å². The Kier molecular flexibility index (Phi) is 4.51. The fourth-order valence-electron chi connectivity index (χ4n) is 1.76. The van der Waals surface area contributed by atoms with Crippen LogP contribution in [-0.2, 0) is 14.3 Å². The van der Waals surface area contributed by atoms with Crippen molar-refractivity contribution in [3.63, 3.8) is 0 Å². The predicted molar refractivity (Wildman–Crippen MR) is 53.3 cm³/mol. The monoisotopic (exact) mass is 201 g/mol. The van der Waals surface area contributed by atoms with E-state index in [9.17, 15) is 4.79 Å². The summed E-state index contributed by atoms with van der Waals surface area (Å²) in [6.45, 7) is 4.00. The van der Waals surface area contributed by atoms with Crippen LogP contribution in [0.25, 0.3) is 0 Å². The lowest BCUT2D eigenvalue weighted by molar-refractivity contribution is -0.119. The molecule has 0 spiro atoms. The highest BCUT2D eigenvalue weighted by atomic mass is 16.5. The molecule has 2 atom stereocenters. The molecule has 1 aliphatic rings. The van der Waals surface area contributed by atoms with Crippen molar-refractivity contribution < 1.29 is 14.3 Å². The zero-order chi connectivity index (χ0) is 10.6. The zero-order valence-electron chi connectivity index (χ0n) is 9.16. The van der Waals surface area contributed by atoms with Gasteiger partial charge in [-0.25, -0.2) is 0 Å². The second-order valence-corrected chi connectivity index (χ2v) is 3.63. The van der Waals surface area contributed by atoms with Crippen LogP contribution in [0, 0.1) is 0 Å². The van der Waals surface area contributed by atoms with Gasteiger partial charge in [0.05, 0.1) is 18.8 Å². The third-order valence-corrected chi connectivity index (χ3v) is 2.69. The molecule has 1 heterocycles. The molecule has 0 radical (unpaired) electrons. The standard InChI is InChI=1S/C10H19NO3/c1-4-8(12)5-11-6-9(13-2)10(7-11)14-3/h9-10H,4-7H2,1-3H3. The summed E-state index contributed by atoms with van der Waals surface area (Å²) < 4.78 is 10.6. The Hall–Kier alpha value is -0.450. The van der Waals surface area contributed by atoms with Crippen molar-refractivity contribution >= 4 is 5.78 Å². The van der Waals surface area contributed by atoms with Crippen LogP contribution in [0.1, 0.15) is 13.3 Å². The molecule has 4 heteroatoms. The molecule has 0 amide bonds. The molecule has 0 aromatic rings. The number of carbonyl (C=O) groups is 1. The number of rotatable bonds is 5. The minimum absolute atomic E-state index is 0.102. The molecule has 0 N–H and O–H groups in total. The number of ether oxygens (including phenoxy) is 2. The molecule has 0 saturated carbocycles. The van der Waals surface area contributed by atoms with Crippen LogP contribution in [0.3, 0.4) is 0 Å². The van der Waals surface area contributed by atoms with E-state index < -0.39 is 0 Å². The first kappa shape index (κ1) is 11.6. The topological polar surface area (TPSA) is 38.8 Å². The van der Waals surface area contributed by atoms with Gasteiger partial charge in [0.2, 0.25) is 0 Å². The number of likely N-dealkylation sites (tertiary alicyclic amines) is 1. The third-order valence-electron chi connectivity index (χ3n) is 2.69. The number of carbonyl (C=O) groups excluding carboxylic acids is 1. The molecule has 82 valence electrons. The van der Waals surface area contributed by atoms with E-state index >= 15 is 0 Å². The Balaban J connectivity index is 2.40. The lowest BCUT2D eigenvalue weighted by Crippen LogP contribution is -2.28. The first-order valence-electron chi connectivity index (χ1n) is 5.00. The summed E-state index contributed by atoms with van der Waals surface area (Å²) in [5.74, 6) is 0.275. The molecular weight excluding hydrogens is 182 g/mol. The van der Waals surface area contributed by atoms with Gasteiger partial charge in [-0.2, -0.15) is 0 Å². The summed E-state index contributed by atoms with van der Waals surface area (Å²) in [6.07, 6.45) is 0.806. The van der Waals surface area contributed by atoms with E-state index in [0.29, 0.717) is 13.0 Å².